The maximum absolute atomic E-state index is 12.5. The molecule has 5 nitrogen and oxygen atoms in total. The number of hydrogen-bond donors (Lipinski definition) is 1. The number of nitrogens with zero attached hydrogens (tertiary/aromatic N) is 1. The number of halogens is 1. The van der Waals surface area contributed by atoms with Crippen molar-refractivity contribution in [1.82, 2.24) is 10.2 Å². The minimum atomic E-state index is 0.00352. The number of nitrogens with one attached hydrogen (secondary N) is 1. The average Bonchev–Trinajstić information content (AvgIpc) is 3.07. The molecule has 1 atom stereocenters. The fourth-order valence-corrected chi connectivity index (χ4v) is 3.01. The molecule has 108 valence electrons. The lowest BCUT2D eigenvalue weighted by atomic mass is 10.1. The molecule has 0 bridgehead atoms. The van der Waals surface area contributed by atoms with Crippen molar-refractivity contribution in [3.8, 4) is 11.5 Å². The molecule has 1 saturated heterocycles. The van der Waals surface area contributed by atoms with Crippen molar-refractivity contribution in [3.05, 3.63) is 22.7 Å². The summed E-state index contributed by atoms with van der Waals surface area (Å²) in [6.45, 7) is 2.66. The Morgan fingerprint density at radius 2 is 2.35 bits per heavy atom. The fourth-order valence-electron chi connectivity index (χ4n) is 2.75. The van der Waals surface area contributed by atoms with Crippen LogP contribution in [0.3, 0.4) is 0 Å². The maximum Gasteiger partial charge on any atom is 0.254 e. The standard InChI is InChI=1S/C14H17ClN2O3/c1-16-6-9-2-3-17(7-9)14(18)10-4-11(15)13-12(5-10)19-8-20-13/h4-5,9,16H,2-3,6-8H2,1H3. The third-order valence-corrected chi connectivity index (χ3v) is 4.02. The van der Waals surface area contributed by atoms with Gasteiger partial charge in [0.25, 0.3) is 5.91 Å². The highest BCUT2D eigenvalue weighted by molar-refractivity contribution is 6.32. The molecule has 1 unspecified atom stereocenters. The summed E-state index contributed by atoms with van der Waals surface area (Å²) in [5.41, 5.74) is 0.560. The molecule has 2 aliphatic rings. The normalized spacial score (nSPS) is 20.5. The second-order valence-corrected chi connectivity index (χ2v) is 5.56. The lowest BCUT2D eigenvalue weighted by Crippen LogP contribution is -2.30. The van der Waals surface area contributed by atoms with Gasteiger partial charge in [-0.3, -0.25) is 4.79 Å². The van der Waals surface area contributed by atoms with Crippen LogP contribution < -0.4 is 14.8 Å². The molecule has 0 aliphatic carbocycles. The monoisotopic (exact) mass is 296 g/mol. The van der Waals surface area contributed by atoms with E-state index in [0.717, 1.165) is 26.1 Å². The molecule has 2 aliphatic heterocycles. The zero-order valence-corrected chi connectivity index (χ0v) is 12.1. The van der Waals surface area contributed by atoms with Crippen LogP contribution in [0.2, 0.25) is 5.02 Å². The summed E-state index contributed by atoms with van der Waals surface area (Å²) >= 11 is 6.12. The largest absolute Gasteiger partial charge is 0.454 e. The molecule has 0 saturated carbocycles. The SMILES string of the molecule is CNCC1CCN(C(=O)c2cc(Cl)c3c(c2)OCO3)C1. The lowest BCUT2D eigenvalue weighted by Gasteiger charge is -2.17. The first kappa shape index (κ1) is 13.5. The van der Waals surface area contributed by atoms with E-state index in [0.29, 0.717) is 28.0 Å². The number of carbonyl (C=O) groups is 1. The van der Waals surface area contributed by atoms with Crippen LogP contribution in [-0.2, 0) is 0 Å². The molecule has 6 heteroatoms. The number of rotatable bonds is 3. The second-order valence-electron chi connectivity index (χ2n) is 5.16. The molecule has 3 rings (SSSR count). The van der Waals surface area contributed by atoms with Crippen molar-refractivity contribution < 1.29 is 14.3 Å². The quantitative estimate of drug-likeness (QED) is 0.923. The Labute approximate surface area is 122 Å². The van der Waals surface area contributed by atoms with Crippen LogP contribution in [0.1, 0.15) is 16.8 Å². The molecule has 1 amide bonds. The van der Waals surface area contributed by atoms with Gasteiger partial charge < -0.3 is 19.7 Å². The minimum absolute atomic E-state index is 0.00352. The Bertz CT molecular complexity index is 535. The number of ether oxygens (including phenoxy) is 2. The molecule has 0 aromatic heterocycles. The van der Waals surface area contributed by atoms with Crippen molar-refractivity contribution in [2.24, 2.45) is 5.92 Å². The molecule has 0 spiro atoms. The van der Waals surface area contributed by atoms with E-state index in [1.807, 2.05) is 11.9 Å². The predicted molar refractivity (Wildman–Crippen MR) is 75.5 cm³/mol. The summed E-state index contributed by atoms with van der Waals surface area (Å²) < 4.78 is 10.6. The second kappa shape index (κ2) is 5.50. The van der Waals surface area contributed by atoms with E-state index in [1.54, 1.807) is 12.1 Å². The van der Waals surface area contributed by atoms with Crippen molar-refractivity contribution in [2.45, 2.75) is 6.42 Å². The zero-order chi connectivity index (χ0) is 14.1. The Hall–Kier alpha value is -1.46. The Morgan fingerprint density at radius 1 is 1.50 bits per heavy atom. The zero-order valence-electron chi connectivity index (χ0n) is 11.3. The van der Waals surface area contributed by atoms with Gasteiger partial charge >= 0.3 is 0 Å². The molecule has 1 fully saturated rings. The van der Waals surface area contributed by atoms with Crippen molar-refractivity contribution in [1.29, 1.82) is 0 Å². The van der Waals surface area contributed by atoms with Gasteiger partial charge in [0.15, 0.2) is 11.5 Å². The number of fused-ring (bicyclic) bond motifs is 1. The molecular weight excluding hydrogens is 280 g/mol. The van der Waals surface area contributed by atoms with E-state index in [9.17, 15) is 4.79 Å². The molecule has 20 heavy (non-hydrogen) atoms. The maximum atomic E-state index is 12.5. The first-order chi connectivity index (χ1) is 9.69. The van der Waals surface area contributed by atoms with Gasteiger partial charge in [0.05, 0.1) is 5.02 Å². The highest BCUT2D eigenvalue weighted by atomic mass is 35.5. The lowest BCUT2D eigenvalue weighted by molar-refractivity contribution is 0.0787. The van der Waals surface area contributed by atoms with E-state index in [-0.39, 0.29) is 12.7 Å². The van der Waals surface area contributed by atoms with Gasteiger partial charge in [-0.25, -0.2) is 0 Å². The summed E-state index contributed by atoms with van der Waals surface area (Å²) in [6.07, 6.45) is 1.03. The molecule has 1 aromatic carbocycles. The van der Waals surface area contributed by atoms with Gasteiger partial charge in [0.2, 0.25) is 6.79 Å². The van der Waals surface area contributed by atoms with Crippen molar-refractivity contribution in [2.75, 3.05) is 33.5 Å². The number of carbonyl (C=O) groups excluding carboxylic acids is 1. The van der Waals surface area contributed by atoms with Crippen molar-refractivity contribution in [3.63, 3.8) is 0 Å². The topological polar surface area (TPSA) is 50.8 Å². The first-order valence-corrected chi connectivity index (χ1v) is 7.10. The molecule has 2 heterocycles. The Balaban J connectivity index is 1.77. The molecular formula is C14H17ClN2O3. The first-order valence-electron chi connectivity index (χ1n) is 6.72. The summed E-state index contributed by atoms with van der Waals surface area (Å²) in [5, 5.41) is 3.58. The van der Waals surface area contributed by atoms with Gasteiger partial charge in [0, 0.05) is 18.7 Å². The van der Waals surface area contributed by atoms with Gasteiger partial charge in [-0.15, -0.1) is 0 Å². The van der Waals surface area contributed by atoms with Crippen LogP contribution in [0.4, 0.5) is 0 Å². The van der Waals surface area contributed by atoms with Crippen LogP contribution in [0.15, 0.2) is 12.1 Å². The third kappa shape index (κ3) is 2.43. The van der Waals surface area contributed by atoms with E-state index in [1.165, 1.54) is 0 Å². The molecule has 0 radical (unpaired) electrons. The van der Waals surface area contributed by atoms with Crippen LogP contribution in [0, 0.1) is 5.92 Å². The summed E-state index contributed by atoms with van der Waals surface area (Å²) in [6, 6.07) is 3.37. The van der Waals surface area contributed by atoms with Crippen LogP contribution in [0.5, 0.6) is 11.5 Å². The fraction of sp³-hybridized carbons (Fsp3) is 0.500. The van der Waals surface area contributed by atoms with E-state index in [4.69, 9.17) is 21.1 Å². The molecule has 1 aromatic rings. The highest BCUT2D eigenvalue weighted by Crippen LogP contribution is 2.40. The smallest absolute Gasteiger partial charge is 0.254 e. The van der Waals surface area contributed by atoms with Crippen molar-refractivity contribution >= 4 is 17.5 Å². The van der Waals surface area contributed by atoms with E-state index >= 15 is 0 Å². The summed E-state index contributed by atoms with van der Waals surface area (Å²) in [4.78, 5) is 14.4. The molecule has 1 N–H and O–H groups in total. The highest BCUT2D eigenvalue weighted by Gasteiger charge is 2.28. The number of amides is 1. The van der Waals surface area contributed by atoms with Gasteiger partial charge in [0.1, 0.15) is 0 Å². The van der Waals surface area contributed by atoms with Crippen LogP contribution in [0.25, 0.3) is 0 Å². The van der Waals surface area contributed by atoms with E-state index < -0.39 is 0 Å². The van der Waals surface area contributed by atoms with Crippen LogP contribution in [-0.4, -0.2) is 44.3 Å². The Morgan fingerprint density at radius 3 is 3.15 bits per heavy atom. The average molecular weight is 297 g/mol. The van der Waals surface area contributed by atoms with Gasteiger partial charge in [-0.1, -0.05) is 11.6 Å². The number of likely N-dealkylation sites (tertiary alicyclic amines) is 1. The summed E-state index contributed by atoms with van der Waals surface area (Å²) in [5.74, 6) is 1.60. The summed E-state index contributed by atoms with van der Waals surface area (Å²) in [7, 11) is 1.93. The number of benzene rings is 1. The predicted octanol–water partition coefficient (Wildman–Crippen LogP) is 1.75. The Kier molecular flexibility index (Phi) is 3.72. The third-order valence-electron chi connectivity index (χ3n) is 3.74. The van der Waals surface area contributed by atoms with Gasteiger partial charge in [-0.05, 0) is 38.1 Å². The minimum Gasteiger partial charge on any atom is -0.454 e. The van der Waals surface area contributed by atoms with Gasteiger partial charge in [-0.2, -0.15) is 0 Å². The van der Waals surface area contributed by atoms with Crippen LogP contribution >= 0.6 is 11.6 Å². The number of hydrogen-bond acceptors (Lipinski definition) is 4. The van der Waals surface area contributed by atoms with E-state index in [2.05, 4.69) is 5.32 Å².